The number of hydrogen-bond acceptors (Lipinski definition) is 6. The van der Waals surface area contributed by atoms with E-state index in [1.54, 1.807) is 6.07 Å². The van der Waals surface area contributed by atoms with Crippen molar-refractivity contribution in [1.82, 2.24) is 19.9 Å². The number of nitrogens with two attached hydrogens (primary N) is 1. The molecular weight excluding hydrogens is 252 g/mol. The lowest BCUT2D eigenvalue weighted by atomic mass is 10.1. The number of pyridine rings is 1. The molecule has 0 spiro atoms. The summed E-state index contributed by atoms with van der Waals surface area (Å²) < 4.78 is 0. The van der Waals surface area contributed by atoms with Gasteiger partial charge < -0.3 is 16.0 Å². The Labute approximate surface area is 118 Å². The number of anilines is 2. The Morgan fingerprint density at radius 2 is 2.00 bits per heavy atom. The van der Waals surface area contributed by atoms with E-state index < -0.39 is 0 Å². The summed E-state index contributed by atoms with van der Waals surface area (Å²) in [6.07, 6.45) is 5.53. The van der Waals surface area contributed by atoms with Gasteiger partial charge in [-0.1, -0.05) is 6.42 Å². The fraction of sp³-hybridized carbons (Fsp3) is 0.500. The molecule has 20 heavy (non-hydrogen) atoms. The van der Waals surface area contributed by atoms with Crippen molar-refractivity contribution in [2.45, 2.75) is 19.3 Å². The second kappa shape index (κ2) is 6.00. The van der Waals surface area contributed by atoms with Crippen molar-refractivity contribution in [2.24, 2.45) is 0 Å². The fourth-order valence-electron chi connectivity index (χ4n) is 2.61. The maximum Gasteiger partial charge on any atom is 0.166 e. The summed E-state index contributed by atoms with van der Waals surface area (Å²) in [4.78, 5) is 15.2. The van der Waals surface area contributed by atoms with Gasteiger partial charge in [0.25, 0.3) is 0 Å². The van der Waals surface area contributed by atoms with Crippen LogP contribution in [-0.4, -0.2) is 46.0 Å². The van der Waals surface area contributed by atoms with Gasteiger partial charge in [-0.3, -0.25) is 0 Å². The maximum absolute atomic E-state index is 5.67. The van der Waals surface area contributed by atoms with Crippen LogP contribution in [0.1, 0.15) is 19.3 Å². The Kier molecular flexibility index (Phi) is 3.92. The standard InChI is InChI=1S/C14H20N6/c15-12-5-4-11-13(17-10-18-14(11)19-12)16-6-9-20-7-2-1-3-8-20/h4-5,10H,1-3,6-9H2,(H3,15,16,17,18,19). The Morgan fingerprint density at radius 1 is 1.15 bits per heavy atom. The molecule has 0 atom stereocenters. The molecule has 3 N–H and O–H groups in total. The zero-order valence-corrected chi connectivity index (χ0v) is 11.5. The van der Waals surface area contributed by atoms with E-state index in [4.69, 9.17) is 5.73 Å². The Balaban J connectivity index is 1.65. The molecule has 1 aliphatic rings. The number of rotatable bonds is 4. The minimum absolute atomic E-state index is 0.482. The quantitative estimate of drug-likeness (QED) is 0.878. The molecule has 1 saturated heterocycles. The van der Waals surface area contributed by atoms with Gasteiger partial charge in [-0.15, -0.1) is 0 Å². The molecule has 106 valence electrons. The molecule has 0 aliphatic carbocycles. The topological polar surface area (TPSA) is 80.0 Å². The Hall–Kier alpha value is -1.95. The Morgan fingerprint density at radius 3 is 2.85 bits per heavy atom. The van der Waals surface area contributed by atoms with Crippen LogP contribution in [0.4, 0.5) is 11.6 Å². The van der Waals surface area contributed by atoms with Gasteiger partial charge in [0.05, 0.1) is 5.39 Å². The molecular formula is C14H20N6. The first-order chi connectivity index (χ1) is 9.83. The van der Waals surface area contributed by atoms with Crippen LogP contribution in [0.5, 0.6) is 0 Å². The summed E-state index contributed by atoms with van der Waals surface area (Å²) in [7, 11) is 0. The number of piperidine rings is 1. The molecule has 1 fully saturated rings. The zero-order chi connectivity index (χ0) is 13.8. The van der Waals surface area contributed by atoms with E-state index in [1.807, 2.05) is 6.07 Å². The van der Waals surface area contributed by atoms with Gasteiger partial charge in [-0.25, -0.2) is 15.0 Å². The predicted octanol–water partition coefficient (Wildman–Crippen LogP) is 1.50. The zero-order valence-electron chi connectivity index (χ0n) is 11.5. The fourth-order valence-corrected chi connectivity index (χ4v) is 2.61. The van der Waals surface area contributed by atoms with Gasteiger partial charge in [-0.2, -0.15) is 0 Å². The number of nitrogens with one attached hydrogen (secondary N) is 1. The average molecular weight is 272 g/mol. The molecule has 0 amide bonds. The van der Waals surface area contributed by atoms with Crippen molar-refractivity contribution in [3.8, 4) is 0 Å². The first-order valence-electron chi connectivity index (χ1n) is 7.16. The van der Waals surface area contributed by atoms with Crippen LogP contribution in [0.15, 0.2) is 18.5 Å². The van der Waals surface area contributed by atoms with Crippen molar-refractivity contribution >= 4 is 22.7 Å². The highest BCUT2D eigenvalue weighted by Gasteiger charge is 2.10. The van der Waals surface area contributed by atoms with E-state index in [0.717, 1.165) is 24.3 Å². The highest BCUT2D eigenvalue weighted by Crippen LogP contribution is 2.18. The second-order valence-electron chi connectivity index (χ2n) is 5.16. The molecule has 0 aromatic carbocycles. The first-order valence-corrected chi connectivity index (χ1v) is 7.16. The van der Waals surface area contributed by atoms with Crippen LogP contribution in [0.2, 0.25) is 0 Å². The minimum atomic E-state index is 0.482. The summed E-state index contributed by atoms with van der Waals surface area (Å²) in [6, 6.07) is 3.70. The first kappa shape index (κ1) is 13.1. The van der Waals surface area contributed by atoms with Crippen LogP contribution in [-0.2, 0) is 0 Å². The molecule has 2 aromatic heterocycles. The molecule has 3 heterocycles. The van der Waals surface area contributed by atoms with Crippen LogP contribution < -0.4 is 11.1 Å². The van der Waals surface area contributed by atoms with Gasteiger partial charge >= 0.3 is 0 Å². The summed E-state index contributed by atoms with van der Waals surface area (Å²) in [5.74, 6) is 1.31. The highest BCUT2D eigenvalue weighted by molar-refractivity contribution is 5.86. The van der Waals surface area contributed by atoms with E-state index in [9.17, 15) is 0 Å². The smallest absolute Gasteiger partial charge is 0.166 e. The lowest BCUT2D eigenvalue weighted by molar-refractivity contribution is 0.237. The van der Waals surface area contributed by atoms with Crippen molar-refractivity contribution in [1.29, 1.82) is 0 Å². The van der Waals surface area contributed by atoms with Crippen molar-refractivity contribution < 1.29 is 0 Å². The largest absolute Gasteiger partial charge is 0.384 e. The van der Waals surface area contributed by atoms with Gasteiger partial charge in [0, 0.05) is 13.1 Å². The van der Waals surface area contributed by atoms with Crippen LogP contribution in [0.3, 0.4) is 0 Å². The molecule has 0 bridgehead atoms. The van der Waals surface area contributed by atoms with E-state index >= 15 is 0 Å². The summed E-state index contributed by atoms with van der Waals surface area (Å²) in [6.45, 7) is 4.36. The number of nitrogen functional groups attached to an aromatic ring is 1. The van der Waals surface area contributed by atoms with Crippen LogP contribution in [0.25, 0.3) is 11.0 Å². The van der Waals surface area contributed by atoms with E-state index in [-0.39, 0.29) is 0 Å². The highest BCUT2D eigenvalue weighted by atomic mass is 15.1. The van der Waals surface area contributed by atoms with E-state index in [1.165, 1.54) is 38.7 Å². The number of aromatic nitrogens is 3. The van der Waals surface area contributed by atoms with Crippen LogP contribution >= 0.6 is 0 Å². The minimum Gasteiger partial charge on any atom is -0.384 e. The summed E-state index contributed by atoms with van der Waals surface area (Å²) in [5, 5.41) is 4.30. The summed E-state index contributed by atoms with van der Waals surface area (Å²) >= 11 is 0. The molecule has 0 unspecified atom stereocenters. The maximum atomic E-state index is 5.67. The van der Waals surface area contributed by atoms with Gasteiger partial charge in [-0.05, 0) is 38.1 Å². The van der Waals surface area contributed by atoms with Gasteiger partial charge in [0.15, 0.2) is 5.65 Å². The van der Waals surface area contributed by atoms with E-state index in [0.29, 0.717) is 11.5 Å². The second-order valence-corrected chi connectivity index (χ2v) is 5.16. The van der Waals surface area contributed by atoms with Gasteiger partial charge in [0.2, 0.25) is 0 Å². The molecule has 2 aromatic rings. The normalized spacial score (nSPS) is 16.4. The molecule has 0 radical (unpaired) electrons. The van der Waals surface area contributed by atoms with Crippen LogP contribution in [0, 0.1) is 0 Å². The average Bonchev–Trinajstić information content (AvgIpc) is 2.48. The molecule has 0 saturated carbocycles. The van der Waals surface area contributed by atoms with Gasteiger partial charge in [0.1, 0.15) is 18.0 Å². The third kappa shape index (κ3) is 2.96. The number of hydrogen-bond donors (Lipinski definition) is 2. The summed E-state index contributed by atoms with van der Waals surface area (Å²) in [5.41, 5.74) is 6.31. The SMILES string of the molecule is Nc1ccc2c(NCCN3CCCCC3)ncnc2n1. The monoisotopic (exact) mass is 272 g/mol. The third-order valence-electron chi connectivity index (χ3n) is 3.69. The lowest BCUT2D eigenvalue weighted by Gasteiger charge is -2.26. The number of fused-ring (bicyclic) bond motifs is 1. The Bertz CT molecular complexity index is 579. The molecule has 6 nitrogen and oxygen atoms in total. The number of likely N-dealkylation sites (tertiary alicyclic amines) is 1. The molecule has 1 aliphatic heterocycles. The molecule has 6 heteroatoms. The third-order valence-corrected chi connectivity index (χ3v) is 3.69. The number of nitrogens with zero attached hydrogens (tertiary/aromatic N) is 4. The van der Waals surface area contributed by atoms with Crippen molar-refractivity contribution in [2.75, 3.05) is 37.2 Å². The lowest BCUT2D eigenvalue weighted by Crippen LogP contribution is -2.33. The van der Waals surface area contributed by atoms with Crippen molar-refractivity contribution in [3.63, 3.8) is 0 Å². The molecule has 3 rings (SSSR count). The predicted molar refractivity (Wildman–Crippen MR) is 80.5 cm³/mol. The van der Waals surface area contributed by atoms with E-state index in [2.05, 4.69) is 25.2 Å². The van der Waals surface area contributed by atoms with Crippen molar-refractivity contribution in [3.05, 3.63) is 18.5 Å².